The summed E-state index contributed by atoms with van der Waals surface area (Å²) in [7, 11) is 1.50. The van der Waals surface area contributed by atoms with Crippen LogP contribution in [0.4, 0.5) is 11.4 Å². The van der Waals surface area contributed by atoms with Crippen molar-refractivity contribution < 1.29 is 14.3 Å². The molecule has 0 saturated heterocycles. The monoisotopic (exact) mass is 376 g/mol. The first kappa shape index (κ1) is 19.0. The van der Waals surface area contributed by atoms with Crippen LogP contribution in [-0.2, 0) is 4.79 Å². The Bertz CT molecular complexity index is 1020. The predicted octanol–water partition coefficient (Wildman–Crippen LogP) is 3.67. The standard InChI is InChI=1S/C21H20N4O3/c1-13-20(24-18(12-22-13)15-7-5-4-6-8-15)21(27)25-17-11-16(23-14(2)26)9-10-19(17)28-3/h4-12H,1-3H3,(H,23,26)(H,25,27). The van der Waals surface area contributed by atoms with Crippen LogP contribution in [0, 0.1) is 6.92 Å². The van der Waals surface area contributed by atoms with Crippen LogP contribution in [0.2, 0.25) is 0 Å². The molecule has 1 aromatic heterocycles. The molecule has 2 N–H and O–H groups in total. The number of nitrogens with one attached hydrogen (secondary N) is 2. The van der Waals surface area contributed by atoms with E-state index in [1.807, 2.05) is 30.3 Å². The second-order valence-corrected chi connectivity index (χ2v) is 6.11. The third-order valence-corrected chi connectivity index (χ3v) is 4.01. The highest BCUT2D eigenvalue weighted by molar-refractivity contribution is 6.05. The fourth-order valence-corrected chi connectivity index (χ4v) is 2.68. The summed E-state index contributed by atoms with van der Waals surface area (Å²) < 4.78 is 5.30. The van der Waals surface area contributed by atoms with Gasteiger partial charge in [0, 0.05) is 18.2 Å². The van der Waals surface area contributed by atoms with Crippen molar-refractivity contribution in [1.29, 1.82) is 0 Å². The number of aromatic nitrogens is 2. The summed E-state index contributed by atoms with van der Waals surface area (Å²) in [5, 5.41) is 5.47. The first-order chi connectivity index (χ1) is 13.5. The normalized spacial score (nSPS) is 10.2. The molecule has 3 rings (SSSR count). The Morgan fingerprint density at radius 3 is 2.46 bits per heavy atom. The van der Waals surface area contributed by atoms with Gasteiger partial charge >= 0.3 is 0 Å². The lowest BCUT2D eigenvalue weighted by atomic mass is 10.1. The minimum Gasteiger partial charge on any atom is -0.495 e. The van der Waals surface area contributed by atoms with E-state index < -0.39 is 5.91 Å². The highest BCUT2D eigenvalue weighted by atomic mass is 16.5. The lowest BCUT2D eigenvalue weighted by Crippen LogP contribution is -2.17. The van der Waals surface area contributed by atoms with Gasteiger partial charge in [-0.25, -0.2) is 4.98 Å². The highest BCUT2D eigenvalue weighted by Crippen LogP contribution is 2.28. The number of anilines is 2. The molecule has 0 unspecified atom stereocenters. The molecule has 3 aromatic rings. The number of carbonyl (C=O) groups excluding carboxylic acids is 2. The van der Waals surface area contributed by atoms with Crippen molar-refractivity contribution in [1.82, 2.24) is 9.97 Å². The van der Waals surface area contributed by atoms with Gasteiger partial charge in [-0.3, -0.25) is 14.6 Å². The lowest BCUT2D eigenvalue weighted by molar-refractivity contribution is -0.114. The SMILES string of the molecule is COc1ccc(NC(C)=O)cc1NC(=O)c1nc(-c2ccccc2)cnc1C. The molecule has 0 spiro atoms. The topological polar surface area (TPSA) is 93.2 Å². The molecule has 0 radical (unpaired) electrons. The smallest absolute Gasteiger partial charge is 0.276 e. The molecule has 0 aliphatic rings. The average Bonchev–Trinajstić information content (AvgIpc) is 2.68. The molecule has 0 bridgehead atoms. The van der Waals surface area contributed by atoms with Crippen LogP contribution in [0.25, 0.3) is 11.3 Å². The molecular formula is C21H20N4O3. The number of hydrogen-bond donors (Lipinski definition) is 2. The number of aryl methyl sites for hydroxylation is 1. The Morgan fingerprint density at radius 1 is 1.04 bits per heavy atom. The van der Waals surface area contributed by atoms with Crippen LogP contribution < -0.4 is 15.4 Å². The van der Waals surface area contributed by atoms with E-state index in [1.165, 1.54) is 14.0 Å². The molecule has 2 aromatic carbocycles. The fraction of sp³-hybridized carbons (Fsp3) is 0.143. The Hall–Kier alpha value is -3.74. The van der Waals surface area contributed by atoms with Gasteiger partial charge in [-0.2, -0.15) is 0 Å². The van der Waals surface area contributed by atoms with Gasteiger partial charge in [-0.1, -0.05) is 30.3 Å². The van der Waals surface area contributed by atoms with Crippen LogP contribution in [0.3, 0.4) is 0 Å². The molecule has 7 heteroatoms. The molecule has 0 fully saturated rings. The van der Waals surface area contributed by atoms with E-state index in [2.05, 4.69) is 20.6 Å². The van der Waals surface area contributed by atoms with Gasteiger partial charge in [0.25, 0.3) is 5.91 Å². The molecule has 0 aliphatic heterocycles. The maximum Gasteiger partial charge on any atom is 0.276 e. The van der Waals surface area contributed by atoms with Gasteiger partial charge in [0.2, 0.25) is 5.91 Å². The maximum atomic E-state index is 12.9. The molecule has 2 amide bonds. The van der Waals surface area contributed by atoms with Crippen molar-refractivity contribution in [2.75, 3.05) is 17.7 Å². The van der Waals surface area contributed by atoms with Crippen molar-refractivity contribution in [2.24, 2.45) is 0 Å². The van der Waals surface area contributed by atoms with Crippen molar-refractivity contribution in [2.45, 2.75) is 13.8 Å². The minimum atomic E-state index is -0.416. The van der Waals surface area contributed by atoms with Gasteiger partial charge in [0.15, 0.2) is 0 Å². The number of rotatable bonds is 5. The van der Waals surface area contributed by atoms with E-state index in [1.54, 1.807) is 31.3 Å². The van der Waals surface area contributed by atoms with Gasteiger partial charge in [-0.05, 0) is 25.1 Å². The summed E-state index contributed by atoms with van der Waals surface area (Å²) in [4.78, 5) is 32.9. The highest BCUT2D eigenvalue weighted by Gasteiger charge is 2.16. The van der Waals surface area contributed by atoms with Crippen LogP contribution >= 0.6 is 0 Å². The third-order valence-electron chi connectivity index (χ3n) is 4.01. The first-order valence-corrected chi connectivity index (χ1v) is 8.64. The maximum absolute atomic E-state index is 12.9. The second-order valence-electron chi connectivity index (χ2n) is 6.11. The number of amides is 2. The summed E-state index contributed by atoms with van der Waals surface area (Å²) in [6.07, 6.45) is 1.64. The zero-order chi connectivity index (χ0) is 20.1. The summed E-state index contributed by atoms with van der Waals surface area (Å²) in [6, 6.07) is 14.5. The van der Waals surface area contributed by atoms with Gasteiger partial charge in [0.05, 0.1) is 30.4 Å². The Balaban J connectivity index is 1.92. The number of methoxy groups -OCH3 is 1. The second kappa shape index (κ2) is 8.30. The van der Waals surface area contributed by atoms with Crippen LogP contribution in [0.5, 0.6) is 5.75 Å². The molecule has 1 heterocycles. The predicted molar refractivity (Wildman–Crippen MR) is 107 cm³/mol. The van der Waals surface area contributed by atoms with Gasteiger partial charge in [-0.15, -0.1) is 0 Å². The third kappa shape index (κ3) is 4.32. The molecule has 0 saturated carbocycles. The van der Waals surface area contributed by atoms with E-state index in [4.69, 9.17) is 4.74 Å². The van der Waals surface area contributed by atoms with Crippen LogP contribution in [0.1, 0.15) is 23.1 Å². The lowest BCUT2D eigenvalue weighted by Gasteiger charge is -2.13. The summed E-state index contributed by atoms with van der Waals surface area (Å²) in [5.74, 6) is -0.159. The summed E-state index contributed by atoms with van der Waals surface area (Å²) >= 11 is 0. The zero-order valence-electron chi connectivity index (χ0n) is 15.8. The Kier molecular flexibility index (Phi) is 5.64. The molecule has 7 nitrogen and oxygen atoms in total. The van der Waals surface area contributed by atoms with E-state index >= 15 is 0 Å². The van der Waals surface area contributed by atoms with E-state index in [0.717, 1.165) is 5.56 Å². The number of benzene rings is 2. The summed E-state index contributed by atoms with van der Waals surface area (Å²) in [5.41, 5.74) is 3.17. The van der Waals surface area contributed by atoms with E-state index in [9.17, 15) is 9.59 Å². The molecule has 142 valence electrons. The largest absolute Gasteiger partial charge is 0.495 e. The van der Waals surface area contributed by atoms with Gasteiger partial charge < -0.3 is 15.4 Å². The average molecular weight is 376 g/mol. The van der Waals surface area contributed by atoms with E-state index in [-0.39, 0.29) is 11.6 Å². The molecular weight excluding hydrogens is 356 g/mol. The molecule has 0 aliphatic carbocycles. The summed E-state index contributed by atoms with van der Waals surface area (Å²) in [6.45, 7) is 3.14. The molecule has 0 atom stereocenters. The Labute approximate surface area is 162 Å². The zero-order valence-corrected chi connectivity index (χ0v) is 15.8. The van der Waals surface area contributed by atoms with Gasteiger partial charge in [0.1, 0.15) is 11.4 Å². The van der Waals surface area contributed by atoms with Crippen molar-refractivity contribution in [3.63, 3.8) is 0 Å². The fourth-order valence-electron chi connectivity index (χ4n) is 2.68. The molecule has 28 heavy (non-hydrogen) atoms. The number of hydrogen-bond acceptors (Lipinski definition) is 5. The quantitative estimate of drug-likeness (QED) is 0.709. The minimum absolute atomic E-state index is 0.209. The van der Waals surface area contributed by atoms with Crippen LogP contribution in [-0.4, -0.2) is 28.9 Å². The van der Waals surface area contributed by atoms with Crippen molar-refractivity contribution >= 4 is 23.2 Å². The van der Waals surface area contributed by atoms with E-state index in [0.29, 0.717) is 28.5 Å². The number of nitrogens with zero attached hydrogens (tertiary/aromatic N) is 2. The van der Waals surface area contributed by atoms with Crippen LogP contribution in [0.15, 0.2) is 54.7 Å². The number of ether oxygens (including phenoxy) is 1. The number of carbonyl (C=O) groups is 2. The van der Waals surface area contributed by atoms with Crippen molar-refractivity contribution in [3.8, 4) is 17.0 Å². The van der Waals surface area contributed by atoms with Crippen molar-refractivity contribution in [3.05, 3.63) is 66.1 Å². The first-order valence-electron chi connectivity index (χ1n) is 8.64. The Morgan fingerprint density at radius 2 is 1.79 bits per heavy atom.